The highest BCUT2D eigenvalue weighted by Gasteiger charge is 2.21. The molecule has 0 bridgehead atoms. The molecule has 33 heavy (non-hydrogen) atoms. The first-order valence-corrected chi connectivity index (χ1v) is 12.1. The van der Waals surface area contributed by atoms with E-state index in [0.717, 1.165) is 41.8 Å². The second-order valence-electron chi connectivity index (χ2n) is 7.34. The van der Waals surface area contributed by atoms with Crippen LogP contribution in [0.1, 0.15) is 24.1 Å². The molecular weight excluding hydrogens is 466 g/mol. The van der Waals surface area contributed by atoms with E-state index in [4.69, 9.17) is 16.3 Å². The third-order valence-electron chi connectivity index (χ3n) is 5.18. The number of sulfonamides is 1. The Balaban J connectivity index is 1.46. The first-order valence-electron chi connectivity index (χ1n) is 10.2. The molecule has 1 aliphatic carbocycles. The zero-order valence-corrected chi connectivity index (χ0v) is 19.4. The molecule has 2 heterocycles. The molecule has 2 amide bonds. The third-order valence-corrected chi connectivity index (χ3v) is 6.78. The van der Waals surface area contributed by atoms with Gasteiger partial charge in [0.15, 0.2) is 0 Å². The van der Waals surface area contributed by atoms with E-state index < -0.39 is 16.1 Å². The summed E-state index contributed by atoms with van der Waals surface area (Å²) in [5, 5.41) is 7.49. The minimum absolute atomic E-state index is 0.0469. The number of pyridine rings is 1. The molecule has 0 saturated carbocycles. The second-order valence-corrected chi connectivity index (χ2v) is 9.46. The summed E-state index contributed by atoms with van der Waals surface area (Å²) in [6, 6.07) is 8.38. The SMILES string of the molecule is COc1ccc(-n2ncc3c2C(=CCNC(=O)NS(=O)(=O)c2ccc(Cl)cc2)CCC3)cn1. The average molecular weight is 488 g/mol. The molecule has 11 heteroatoms. The van der Waals surface area contributed by atoms with Crippen LogP contribution in [0, 0.1) is 0 Å². The number of benzene rings is 1. The van der Waals surface area contributed by atoms with E-state index in [2.05, 4.69) is 15.4 Å². The van der Waals surface area contributed by atoms with Crippen molar-refractivity contribution in [1.29, 1.82) is 0 Å². The van der Waals surface area contributed by atoms with Gasteiger partial charge in [0.05, 0.1) is 35.8 Å². The van der Waals surface area contributed by atoms with Gasteiger partial charge in [0.1, 0.15) is 0 Å². The van der Waals surface area contributed by atoms with Gasteiger partial charge in [-0.15, -0.1) is 0 Å². The molecule has 9 nitrogen and oxygen atoms in total. The Kier molecular flexibility index (Phi) is 6.66. The number of amides is 2. The highest BCUT2D eigenvalue weighted by Crippen LogP contribution is 2.32. The van der Waals surface area contributed by atoms with Crippen molar-refractivity contribution in [2.45, 2.75) is 24.2 Å². The number of urea groups is 1. The monoisotopic (exact) mass is 487 g/mol. The van der Waals surface area contributed by atoms with Crippen LogP contribution >= 0.6 is 11.6 Å². The van der Waals surface area contributed by atoms with E-state index in [-0.39, 0.29) is 11.4 Å². The van der Waals surface area contributed by atoms with E-state index in [1.54, 1.807) is 19.4 Å². The van der Waals surface area contributed by atoms with E-state index in [1.807, 2.05) is 27.7 Å². The Bertz CT molecular complexity index is 1290. The van der Waals surface area contributed by atoms with Crippen molar-refractivity contribution in [1.82, 2.24) is 24.8 Å². The first kappa shape index (κ1) is 22.8. The number of halogens is 1. The highest BCUT2D eigenvalue weighted by molar-refractivity contribution is 7.90. The maximum atomic E-state index is 12.3. The number of aromatic nitrogens is 3. The fourth-order valence-electron chi connectivity index (χ4n) is 3.61. The average Bonchev–Trinajstić information content (AvgIpc) is 3.24. The molecule has 0 unspecified atom stereocenters. The summed E-state index contributed by atoms with van der Waals surface area (Å²) in [7, 11) is -2.43. The molecule has 0 radical (unpaired) electrons. The van der Waals surface area contributed by atoms with Gasteiger partial charge in [-0.05, 0) is 60.7 Å². The maximum absolute atomic E-state index is 12.3. The van der Waals surface area contributed by atoms with Crippen LogP contribution < -0.4 is 14.8 Å². The lowest BCUT2D eigenvalue weighted by atomic mass is 9.92. The van der Waals surface area contributed by atoms with Crippen LogP contribution in [-0.4, -0.2) is 42.9 Å². The molecule has 4 rings (SSSR count). The Morgan fingerprint density at radius 3 is 2.67 bits per heavy atom. The molecule has 0 aliphatic heterocycles. The molecule has 1 aromatic carbocycles. The summed E-state index contributed by atoms with van der Waals surface area (Å²) < 4.78 is 33.6. The zero-order chi connectivity index (χ0) is 23.4. The molecule has 0 fully saturated rings. The van der Waals surface area contributed by atoms with Gasteiger partial charge >= 0.3 is 6.03 Å². The molecular formula is C22H22ClN5O4S. The first-order chi connectivity index (χ1) is 15.9. The number of nitrogens with zero attached hydrogens (tertiary/aromatic N) is 3. The fraction of sp³-hybridized carbons (Fsp3) is 0.227. The minimum atomic E-state index is -3.99. The van der Waals surface area contributed by atoms with Crippen molar-refractivity contribution in [3.63, 3.8) is 0 Å². The zero-order valence-electron chi connectivity index (χ0n) is 17.8. The molecule has 0 saturated heterocycles. The normalized spacial score (nSPS) is 14.5. The number of hydrogen-bond donors (Lipinski definition) is 2. The van der Waals surface area contributed by atoms with Crippen LogP contribution in [0.5, 0.6) is 5.88 Å². The number of methoxy groups -OCH3 is 1. The van der Waals surface area contributed by atoms with Crippen LogP contribution in [0.3, 0.4) is 0 Å². The topological polar surface area (TPSA) is 115 Å². The Morgan fingerprint density at radius 2 is 1.97 bits per heavy atom. The number of nitrogens with one attached hydrogen (secondary N) is 2. The number of allylic oxidation sites excluding steroid dienone is 1. The van der Waals surface area contributed by atoms with Crippen molar-refractivity contribution in [2.24, 2.45) is 0 Å². The number of fused-ring (bicyclic) bond motifs is 1. The number of carbonyl (C=O) groups is 1. The van der Waals surface area contributed by atoms with Crippen LogP contribution in [0.2, 0.25) is 5.02 Å². The van der Waals surface area contributed by atoms with Crippen LogP contribution in [0.15, 0.2) is 59.8 Å². The summed E-state index contributed by atoms with van der Waals surface area (Å²) >= 11 is 5.79. The highest BCUT2D eigenvalue weighted by atomic mass is 35.5. The molecule has 0 atom stereocenters. The van der Waals surface area contributed by atoms with Gasteiger partial charge in [-0.2, -0.15) is 5.10 Å². The summed E-state index contributed by atoms with van der Waals surface area (Å²) in [6.45, 7) is 0.156. The molecule has 172 valence electrons. The molecule has 2 aromatic heterocycles. The van der Waals surface area contributed by atoms with Crippen molar-refractivity contribution in [2.75, 3.05) is 13.7 Å². The van der Waals surface area contributed by atoms with Gasteiger partial charge in [-0.1, -0.05) is 17.7 Å². The van der Waals surface area contributed by atoms with Crippen LogP contribution in [0.25, 0.3) is 11.3 Å². The summed E-state index contributed by atoms with van der Waals surface area (Å²) in [4.78, 5) is 16.4. The molecule has 3 aromatic rings. The van der Waals surface area contributed by atoms with Crippen molar-refractivity contribution < 1.29 is 17.9 Å². The van der Waals surface area contributed by atoms with Gasteiger partial charge in [-0.25, -0.2) is 27.6 Å². The largest absolute Gasteiger partial charge is 0.481 e. The summed E-state index contributed by atoms with van der Waals surface area (Å²) in [5.74, 6) is 0.513. The Hall–Kier alpha value is -3.37. The van der Waals surface area contributed by atoms with Crippen LogP contribution in [0.4, 0.5) is 4.79 Å². The van der Waals surface area contributed by atoms with Gasteiger partial charge in [0.25, 0.3) is 10.0 Å². The number of rotatable bonds is 6. The van der Waals surface area contributed by atoms with Crippen molar-refractivity contribution in [3.8, 4) is 11.6 Å². The summed E-state index contributed by atoms with van der Waals surface area (Å²) in [5.41, 5.74) is 3.89. The van der Waals surface area contributed by atoms with Crippen molar-refractivity contribution in [3.05, 3.63) is 71.1 Å². The van der Waals surface area contributed by atoms with Crippen molar-refractivity contribution >= 4 is 33.2 Å². The Morgan fingerprint density at radius 1 is 1.18 bits per heavy atom. The van der Waals surface area contributed by atoms with Gasteiger partial charge in [-0.3, -0.25) is 0 Å². The van der Waals surface area contributed by atoms with E-state index >= 15 is 0 Å². The predicted octanol–water partition coefficient (Wildman–Crippen LogP) is 3.34. The fourth-order valence-corrected chi connectivity index (χ4v) is 4.66. The number of hydrogen-bond acceptors (Lipinski definition) is 6. The van der Waals surface area contributed by atoms with Gasteiger partial charge < -0.3 is 10.1 Å². The molecule has 2 N–H and O–H groups in total. The smallest absolute Gasteiger partial charge is 0.328 e. The molecule has 1 aliphatic rings. The van der Waals surface area contributed by atoms with Gasteiger partial charge in [0.2, 0.25) is 5.88 Å². The van der Waals surface area contributed by atoms with Gasteiger partial charge in [0, 0.05) is 17.6 Å². The van der Waals surface area contributed by atoms with E-state index in [0.29, 0.717) is 10.9 Å². The maximum Gasteiger partial charge on any atom is 0.328 e. The van der Waals surface area contributed by atoms with Crippen LogP contribution in [-0.2, 0) is 16.4 Å². The molecule has 0 spiro atoms. The minimum Gasteiger partial charge on any atom is -0.481 e. The lowest BCUT2D eigenvalue weighted by molar-refractivity contribution is 0.247. The Labute approximate surface area is 196 Å². The second kappa shape index (κ2) is 9.63. The van der Waals surface area contributed by atoms with E-state index in [9.17, 15) is 13.2 Å². The lowest BCUT2D eigenvalue weighted by Gasteiger charge is -2.18. The summed E-state index contributed by atoms with van der Waals surface area (Å²) in [6.07, 6.45) is 8.08. The number of aryl methyl sites for hydroxylation is 1. The standard InChI is InChI=1S/C22H22ClN5O4S/c1-32-20-10-7-18(14-25-20)28-21-15(3-2-4-16(21)13-26-28)11-12-24-22(29)27-33(30,31)19-8-5-17(23)6-9-19/h5-11,13-14H,2-4,12H2,1H3,(H2,24,27,29). The lowest BCUT2D eigenvalue weighted by Crippen LogP contribution is -2.39. The number of carbonyl (C=O) groups excluding carboxylic acids is 1. The van der Waals surface area contributed by atoms with E-state index in [1.165, 1.54) is 24.3 Å². The number of ether oxygens (including phenoxy) is 1. The predicted molar refractivity (Wildman–Crippen MR) is 124 cm³/mol. The quantitative estimate of drug-likeness (QED) is 0.551. The third kappa shape index (κ3) is 5.18.